The monoisotopic (exact) mass is 350 g/mol. The lowest BCUT2D eigenvalue weighted by Gasteiger charge is -2.19. The van der Waals surface area contributed by atoms with Gasteiger partial charge in [0.15, 0.2) is 0 Å². The zero-order valence-electron chi connectivity index (χ0n) is 14.3. The molecule has 6 heteroatoms. The van der Waals surface area contributed by atoms with Gasteiger partial charge in [-0.15, -0.1) is 0 Å². The SMILES string of the molecule is Cc1oc(-c2ccccc2)cc1C(=O)N(CC(=O)O)Cc1ccccn1. The molecule has 0 radical (unpaired) electrons. The van der Waals surface area contributed by atoms with Crippen LogP contribution in [0.5, 0.6) is 0 Å². The summed E-state index contributed by atoms with van der Waals surface area (Å²) in [6.07, 6.45) is 1.61. The molecular weight excluding hydrogens is 332 g/mol. The van der Waals surface area contributed by atoms with E-state index in [0.29, 0.717) is 22.8 Å². The molecule has 2 aromatic heterocycles. The summed E-state index contributed by atoms with van der Waals surface area (Å²) in [6, 6.07) is 16.4. The van der Waals surface area contributed by atoms with Gasteiger partial charge in [-0.3, -0.25) is 14.6 Å². The molecule has 0 saturated heterocycles. The molecule has 1 N–H and O–H groups in total. The zero-order valence-corrected chi connectivity index (χ0v) is 14.3. The van der Waals surface area contributed by atoms with E-state index in [9.17, 15) is 14.7 Å². The molecule has 1 aromatic carbocycles. The predicted octanol–water partition coefficient (Wildman–Crippen LogP) is 3.38. The molecule has 0 aliphatic heterocycles. The Kier molecular flexibility index (Phi) is 5.12. The third-order valence-corrected chi connectivity index (χ3v) is 3.90. The fourth-order valence-electron chi connectivity index (χ4n) is 2.66. The molecule has 3 aromatic rings. The Bertz CT molecular complexity index is 904. The van der Waals surface area contributed by atoms with Crippen LogP contribution in [-0.4, -0.2) is 33.4 Å². The number of nitrogens with zero attached hydrogens (tertiary/aromatic N) is 2. The van der Waals surface area contributed by atoms with Crippen molar-refractivity contribution in [2.75, 3.05) is 6.54 Å². The Morgan fingerprint density at radius 1 is 1.12 bits per heavy atom. The molecule has 132 valence electrons. The highest BCUT2D eigenvalue weighted by Crippen LogP contribution is 2.26. The number of aromatic nitrogens is 1. The number of rotatable bonds is 6. The van der Waals surface area contributed by atoms with Crippen molar-refractivity contribution in [1.82, 2.24) is 9.88 Å². The fraction of sp³-hybridized carbons (Fsp3) is 0.150. The second-order valence-electron chi connectivity index (χ2n) is 5.82. The molecule has 0 atom stereocenters. The van der Waals surface area contributed by atoms with Crippen LogP contribution < -0.4 is 0 Å². The van der Waals surface area contributed by atoms with Crippen molar-refractivity contribution in [2.24, 2.45) is 0 Å². The van der Waals surface area contributed by atoms with Gasteiger partial charge in [-0.05, 0) is 25.1 Å². The molecule has 1 amide bonds. The Morgan fingerprint density at radius 2 is 1.85 bits per heavy atom. The minimum atomic E-state index is -1.08. The predicted molar refractivity (Wildman–Crippen MR) is 95.5 cm³/mol. The van der Waals surface area contributed by atoms with E-state index in [-0.39, 0.29) is 6.54 Å². The van der Waals surface area contributed by atoms with Crippen LogP contribution >= 0.6 is 0 Å². The highest BCUT2D eigenvalue weighted by Gasteiger charge is 2.24. The first kappa shape index (κ1) is 17.4. The Hall–Kier alpha value is -3.41. The Labute approximate surface area is 150 Å². The number of carboxylic acids is 1. The molecule has 0 unspecified atom stereocenters. The standard InChI is InChI=1S/C20H18N2O4/c1-14-17(11-18(26-14)15-7-3-2-4-8-15)20(25)22(13-19(23)24)12-16-9-5-6-10-21-16/h2-11H,12-13H2,1H3,(H,23,24). The second-order valence-corrected chi connectivity index (χ2v) is 5.82. The highest BCUT2D eigenvalue weighted by molar-refractivity contribution is 5.97. The van der Waals surface area contributed by atoms with Crippen molar-refractivity contribution >= 4 is 11.9 Å². The van der Waals surface area contributed by atoms with E-state index >= 15 is 0 Å². The molecule has 2 heterocycles. The highest BCUT2D eigenvalue weighted by atomic mass is 16.4. The van der Waals surface area contributed by atoms with Crippen LogP contribution in [0.3, 0.4) is 0 Å². The van der Waals surface area contributed by atoms with Gasteiger partial charge in [0.1, 0.15) is 18.1 Å². The first-order chi connectivity index (χ1) is 12.5. The smallest absolute Gasteiger partial charge is 0.323 e. The molecule has 0 saturated carbocycles. The molecule has 0 fully saturated rings. The summed E-state index contributed by atoms with van der Waals surface area (Å²) in [5.41, 5.74) is 1.82. The molecule has 0 spiro atoms. The van der Waals surface area contributed by atoms with Gasteiger partial charge < -0.3 is 14.4 Å². The second kappa shape index (κ2) is 7.65. The lowest BCUT2D eigenvalue weighted by molar-refractivity contribution is -0.137. The quantitative estimate of drug-likeness (QED) is 0.737. The number of amides is 1. The van der Waals surface area contributed by atoms with Gasteiger partial charge >= 0.3 is 5.97 Å². The maximum atomic E-state index is 12.9. The summed E-state index contributed by atoms with van der Waals surface area (Å²) < 4.78 is 5.72. The van der Waals surface area contributed by atoms with Crippen LogP contribution in [-0.2, 0) is 11.3 Å². The van der Waals surface area contributed by atoms with E-state index < -0.39 is 18.4 Å². The van der Waals surface area contributed by atoms with E-state index in [4.69, 9.17) is 4.42 Å². The van der Waals surface area contributed by atoms with Crippen molar-refractivity contribution in [3.05, 3.63) is 77.8 Å². The number of carboxylic acid groups (broad SMARTS) is 1. The molecule has 0 aliphatic carbocycles. The van der Waals surface area contributed by atoms with Gasteiger partial charge in [0.05, 0.1) is 17.8 Å². The summed E-state index contributed by atoms with van der Waals surface area (Å²) >= 11 is 0. The number of carbonyl (C=O) groups is 2. The largest absolute Gasteiger partial charge is 0.480 e. The van der Waals surface area contributed by atoms with Crippen LogP contribution in [0.15, 0.2) is 65.2 Å². The van der Waals surface area contributed by atoms with Crippen LogP contribution in [0.4, 0.5) is 0 Å². The Balaban J connectivity index is 1.89. The van der Waals surface area contributed by atoms with E-state index in [1.165, 1.54) is 4.90 Å². The number of pyridine rings is 1. The van der Waals surface area contributed by atoms with Crippen molar-refractivity contribution in [3.63, 3.8) is 0 Å². The fourth-order valence-corrected chi connectivity index (χ4v) is 2.66. The molecule has 6 nitrogen and oxygen atoms in total. The van der Waals surface area contributed by atoms with Gasteiger partial charge in [-0.25, -0.2) is 0 Å². The number of hydrogen-bond acceptors (Lipinski definition) is 4. The first-order valence-electron chi connectivity index (χ1n) is 8.11. The number of aryl methyl sites for hydroxylation is 1. The van der Waals surface area contributed by atoms with Gasteiger partial charge in [-0.1, -0.05) is 36.4 Å². The molecular formula is C20H18N2O4. The number of benzene rings is 1. The summed E-state index contributed by atoms with van der Waals surface area (Å²) in [5, 5.41) is 9.17. The van der Waals surface area contributed by atoms with Crippen LogP contribution in [0, 0.1) is 6.92 Å². The molecule has 26 heavy (non-hydrogen) atoms. The maximum Gasteiger partial charge on any atom is 0.323 e. The van der Waals surface area contributed by atoms with E-state index in [2.05, 4.69) is 4.98 Å². The number of carbonyl (C=O) groups excluding carboxylic acids is 1. The van der Waals surface area contributed by atoms with Gasteiger partial charge in [0.2, 0.25) is 0 Å². The Morgan fingerprint density at radius 3 is 2.50 bits per heavy atom. The summed E-state index contributed by atoms with van der Waals surface area (Å²) in [4.78, 5) is 29.5. The topological polar surface area (TPSA) is 83.6 Å². The van der Waals surface area contributed by atoms with Gasteiger partial charge in [-0.2, -0.15) is 0 Å². The third kappa shape index (κ3) is 3.97. The number of furan rings is 1. The maximum absolute atomic E-state index is 12.9. The minimum absolute atomic E-state index is 0.108. The van der Waals surface area contributed by atoms with E-state index in [0.717, 1.165) is 5.56 Å². The van der Waals surface area contributed by atoms with Crippen molar-refractivity contribution in [2.45, 2.75) is 13.5 Å². The molecule has 3 rings (SSSR count). The van der Waals surface area contributed by atoms with Crippen molar-refractivity contribution < 1.29 is 19.1 Å². The van der Waals surface area contributed by atoms with E-state index in [1.807, 2.05) is 30.3 Å². The average Bonchev–Trinajstić information content (AvgIpc) is 3.03. The lowest BCUT2D eigenvalue weighted by Crippen LogP contribution is -2.35. The van der Waals surface area contributed by atoms with Gasteiger partial charge in [0, 0.05) is 11.8 Å². The summed E-state index contributed by atoms with van der Waals surface area (Å²) in [6.45, 7) is 1.39. The average molecular weight is 350 g/mol. The van der Waals surface area contributed by atoms with E-state index in [1.54, 1.807) is 37.4 Å². The van der Waals surface area contributed by atoms with Crippen LogP contribution in [0.1, 0.15) is 21.8 Å². The van der Waals surface area contributed by atoms with Crippen molar-refractivity contribution in [1.29, 1.82) is 0 Å². The van der Waals surface area contributed by atoms with Gasteiger partial charge in [0.25, 0.3) is 5.91 Å². The minimum Gasteiger partial charge on any atom is -0.480 e. The number of aliphatic carboxylic acids is 1. The first-order valence-corrected chi connectivity index (χ1v) is 8.11. The number of hydrogen-bond donors (Lipinski definition) is 1. The summed E-state index contributed by atoms with van der Waals surface area (Å²) in [5.74, 6) is -0.468. The molecule has 0 aliphatic rings. The van der Waals surface area contributed by atoms with Crippen LogP contribution in [0.25, 0.3) is 11.3 Å². The lowest BCUT2D eigenvalue weighted by atomic mass is 10.1. The normalized spacial score (nSPS) is 10.5. The zero-order chi connectivity index (χ0) is 18.5. The summed E-state index contributed by atoms with van der Waals surface area (Å²) in [7, 11) is 0. The van der Waals surface area contributed by atoms with Crippen LogP contribution in [0.2, 0.25) is 0 Å². The third-order valence-electron chi connectivity index (χ3n) is 3.90. The molecule has 0 bridgehead atoms. The van der Waals surface area contributed by atoms with Crippen molar-refractivity contribution in [3.8, 4) is 11.3 Å².